The molecule has 0 amide bonds. The zero-order valence-electron chi connectivity index (χ0n) is 12.2. The van der Waals surface area contributed by atoms with Crippen molar-refractivity contribution in [3.05, 3.63) is 21.9 Å². The van der Waals surface area contributed by atoms with Gasteiger partial charge in [-0.25, -0.2) is 13.4 Å². The van der Waals surface area contributed by atoms with E-state index in [1.54, 1.807) is 0 Å². The molecule has 2 heterocycles. The molecule has 2 rings (SSSR count). The third-order valence-electron chi connectivity index (χ3n) is 3.68. The van der Waals surface area contributed by atoms with Gasteiger partial charge in [0.05, 0.1) is 10.6 Å². The van der Waals surface area contributed by atoms with E-state index in [1.165, 1.54) is 16.6 Å². The summed E-state index contributed by atoms with van der Waals surface area (Å²) in [6.45, 7) is 4.53. The lowest BCUT2D eigenvalue weighted by Gasteiger charge is -2.34. The van der Waals surface area contributed by atoms with Gasteiger partial charge in [0.15, 0.2) is 0 Å². The number of nitrogens with zero attached hydrogens (tertiary/aromatic N) is 3. The number of rotatable bonds is 5. The molecule has 0 bridgehead atoms. The first-order valence-corrected chi connectivity index (χ1v) is 9.67. The Labute approximate surface area is 144 Å². The molecule has 1 aromatic heterocycles. The molecular weight excluding hydrogens is 394 g/mol. The Morgan fingerprint density at radius 2 is 2.05 bits per heavy atom. The standard InChI is InChI=1S/C13H19BrClN3O3S/c1-2-10(19)9-17-3-5-18(6-4-17)22(20,21)11-7-12(14)13(15)16-8-11/h7-8,10,19H,2-6,9H2,1H3. The third-order valence-corrected chi connectivity index (χ3v) is 6.68. The van der Waals surface area contributed by atoms with Gasteiger partial charge in [-0.3, -0.25) is 4.90 Å². The van der Waals surface area contributed by atoms with Crippen molar-refractivity contribution in [1.29, 1.82) is 0 Å². The maximum Gasteiger partial charge on any atom is 0.244 e. The van der Waals surface area contributed by atoms with Crippen LogP contribution < -0.4 is 0 Å². The second-order valence-electron chi connectivity index (χ2n) is 5.21. The summed E-state index contributed by atoms with van der Waals surface area (Å²) < 4.78 is 27.1. The molecule has 0 radical (unpaired) electrons. The summed E-state index contributed by atoms with van der Waals surface area (Å²) in [5.74, 6) is 0. The molecule has 1 saturated heterocycles. The van der Waals surface area contributed by atoms with Gasteiger partial charge in [-0.2, -0.15) is 4.31 Å². The Morgan fingerprint density at radius 3 is 2.59 bits per heavy atom. The summed E-state index contributed by atoms with van der Waals surface area (Å²) >= 11 is 8.99. The van der Waals surface area contributed by atoms with E-state index in [9.17, 15) is 13.5 Å². The van der Waals surface area contributed by atoms with Gasteiger partial charge in [0, 0.05) is 38.9 Å². The number of pyridine rings is 1. The molecule has 1 atom stereocenters. The highest BCUT2D eigenvalue weighted by molar-refractivity contribution is 9.10. The van der Waals surface area contributed by atoms with Crippen LogP contribution in [-0.2, 0) is 10.0 Å². The van der Waals surface area contributed by atoms with Crippen molar-refractivity contribution in [2.24, 2.45) is 0 Å². The number of aliphatic hydroxyl groups excluding tert-OH is 1. The molecule has 1 unspecified atom stereocenters. The van der Waals surface area contributed by atoms with Crippen molar-refractivity contribution in [2.75, 3.05) is 32.7 Å². The minimum Gasteiger partial charge on any atom is -0.392 e. The van der Waals surface area contributed by atoms with E-state index in [4.69, 9.17) is 11.6 Å². The minimum absolute atomic E-state index is 0.130. The van der Waals surface area contributed by atoms with Gasteiger partial charge >= 0.3 is 0 Å². The molecule has 9 heteroatoms. The average Bonchev–Trinajstić information content (AvgIpc) is 2.50. The zero-order valence-corrected chi connectivity index (χ0v) is 15.4. The summed E-state index contributed by atoms with van der Waals surface area (Å²) in [5.41, 5.74) is 0. The number of piperazine rings is 1. The number of aromatic nitrogens is 1. The lowest BCUT2D eigenvalue weighted by Crippen LogP contribution is -2.50. The first-order chi connectivity index (χ1) is 10.3. The Hall–Kier alpha value is -0.250. The molecule has 0 spiro atoms. The van der Waals surface area contributed by atoms with Crippen LogP contribution in [0.25, 0.3) is 0 Å². The van der Waals surface area contributed by atoms with Crippen molar-refractivity contribution in [3.8, 4) is 0 Å². The summed E-state index contributed by atoms with van der Waals surface area (Å²) in [7, 11) is -3.57. The van der Waals surface area contributed by atoms with E-state index in [2.05, 4.69) is 25.8 Å². The van der Waals surface area contributed by atoms with Crippen molar-refractivity contribution in [2.45, 2.75) is 24.3 Å². The summed E-state index contributed by atoms with van der Waals surface area (Å²) in [5, 5.41) is 9.90. The molecule has 1 N–H and O–H groups in total. The van der Waals surface area contributed by atoms with Crippen LogP contribution in [0.2, 0.25) is 5.15 Å². The van der Waals surface area contributed by atoms with Crippen molar-refractivity contribution in [3.63, 3.8) is 0 Å². The predicted molar refractivity (Wildman–Crippen MR) is 88.4 cm³/mol. The minimum atomic E-state index is -3.57. The largest absolute Gasteiger partial charge is 0.392 e. The molecule has 22 heavy (non-hydrogen) atoms. The molecule has 124 valence electrons. The molecule has 0 saturated carbocycles. The molecule has 0 aromatic carbocycles. The van der Waals surface area contributed by atoms with E-state index < -0.39 is 10.0 Å². The Kier molecular flexibility index (Phi) is 6.21. The molecule has 1 aliphatic heterocycles. The number of sulfonamides is 1. The van der Waals surface area contributed by atoms with Gasteiger partial charge in [-0.15, -0.1) is 0 Å². The fourth-order valence-electron chi connectivity index (χ4n) is 2.27. The van der Waals surface area contributed by atoms with Crippen LogP contribution in [0.5, 0.6) is 0 Å². The SMILES string of the molecule is CCC(O)CN1CCN(S(=O)(=O)c2cnc(Cl)c(Br)c2)CC1. The highest BCUT2D eigenvalue weighted by atomic mass is 79.9. The van der Waals surface area contributed by atoms with E-state index in [0.29, 0.717) is 43.6 Å². The lowest BCUT2D eigenvalue weighted by molar-refractivity contribution is 0.0896. The monoisotopic (exact) mass is 411 g/mol. The van der Waals surface area contributed by atoms with Gasteiger partial charge < -0.3 is 5.11 Å². The van der Waals surface area contributed by atoms with Crippen LogP contribution in [0.3, 0.4) is 0 Å². The molecule has 1 fully saturated rings. The highest BCUT2D eigenvalue weighted by Gasteiger charge is 2.29. The van der Waals surface area contributed by atoms with E-state index in [1.807, 2.05) is 6.92 Å². The molecule has 1 aromatic rings. The molecule has 1 aliphatic rings. The smallest absolute Gasteiger partial charge is 0.244 e. The second kappa shape index (κ2) is 7.55. The number of hydrogen-bond acceptors (Lipinski definition) is 5. The topological polar surface area (TPSA) is 73.7 Å². The normalized spacial score (nSPS) is 19.3. The van der Waals surface area contributed by atoms with Crippen molar-refractivity contribution in [1.82, 2.24) is 14.2 Å². The van der Waals surface area contributed by atoms with E-state index >= 15 is 0 Å². The second-order valence-corrected chi connectivity index (χ2v) is 8.36. The Bertz CT molecular complexity index is 621. The lowest BCUT2D eigenvalue weighted by atomic mass is 10.2. The van der Waals surface area contributed by atoms with Crippen LogP contribution in [0.1, 0.15) is 13.3 Å². The zero-order chi connectivity index (χ0) is 16.3. The van der Waals surface area contributed by atoms with Gasteiger partial charge in [0.1, 0.15) is 10.0 Å². The Morgan fingerprint density at radius 1 is 1.41 bits per heavy atom. The average molecular weight is 413 g/mol. The van der Waals surface area contributed by atoms with Crippen LogP contribution in [0.4, 0.5) is 0 Å². The number of hydrogen-bond donors (Lipinski definition) is 1. The van der Waals surface area contributed by atoms with Crippen molar-refractivity contribution >= 4 is 37.6 Å². The number of aliphatic hydroxyl groups is 1. The maximum absolute atomic E-state index is 12.6. The van der Waals surface area contributed by atoms with E-state index in [-0.39, 0.29) is 16.2 Å². The molecule has 6 nitrogen and oxygen atoms in total. The number of halogens is 2. The number of β-amino-alcohol motifs (C(OH)–C–C–N with tert-alkyl or cyclic N) is 1. The molecule has 0 aliphatic carbocycles. The van der Waals surface area contributed by atoms with Gasteiger partial charge in [-0.05, 0) is 28.4 Å². The summed E-state index contributed by atoms with van der Waals surface area (Å²) in [4.78, 5) is 6.08. The Balaban J connectivity index is 2.04. The van der Waals surface area contributed by atoms with Crippen LogP contribution in [-0.4, -0.2) is 66.5 Å². The van der Waals surface area contributed by atoms with E-state index in [0.717, 1.165) is 0 Å². The maximum atomic E-state index is 12.6. The quantitative estimate of drug-likeness (QED) is 0.743. The van der Waals surface area contributed by atoms with Gasteiger partial charge in [0.2, 0.25) is 10.0 Å². The van der Waals surface area contributed by atoms with Crippen LogP contribution >= 0.6 is 27.5 Å². The van der Waals surface area contributed by atoms with Gasteiger partial charge in [-0.1, -0.05) is 18.5 Å². The van der Waals surface area contributed by atoms with Crippen LogP contribution in [0, 0.1) is 0 Å². The molecular formula is C13H19BrClN3O3S. The van der Waals surface area contributed by atoms with Crippen LogP contribution in [0.15, 0.2) is 21.6 Å². The summed E-state index contributed by atoms with van der Waals surface area (Å²) in [6, 6.07) is 1.47. The summed E-state index contributed by atoms with van der Waals surface area (Å²) in [6.07, 6.45) is 1.61. The first kappa shape index (κ1) is 18.1. The predicted octanol–water partition coefficient (Wildman–Crippen LogP) is 1.57. The highest BCUT2D eigenvalue weighted by Crippen LogP contribution is 2.25. The first-order valence-electron chi connectivity index (χ1n) is 7.06. The third kappa shape index (κ3) is 4.18. The fourth-order valence-corrected chi connectivity index (χ4v) is 4.27. The fraction of sp³-hybridized carbons (Fsp3) is 0.615. The van der Waals surface area contributed by atoms with Gasteiger partial charge in [0.25, 0.3) is 0 Å². The van der Waals surface area contributed by atoms with Crippen molar-refractivity contribution < 1.29 is 13.5 Å².